The van der Waals surface area contributed by atoms with Crippen molar-refractivity contribution in [1.29, 1.82) is 0 Å². The Hall–Kier alpha value is -3.03. The summed E-state index contributed by atoms with van der Waals surface area (Å²) in [4.78, 5) is 30.9. The molecular formula is C24H38N6O6Si. The van der Waals surface area contributed by atoms with Crippen LogP contribution in [0.2, 0.25) is 25.7 Å². The summed E-state index contributed by atoms with van der Waals surface area (Å²) in [6, 6.07) is 2.69. The normalized spacial score (nSPS) is 14.5. The summed E-state index contributed by atoms with van der Waals surface area (Å²) in [7, 11) is -1.32. The third-order valence-corrected chi connectivity index (χ3v) is 7.31. The number of carbonyl (C=O) groups excluding carboxylic acids is 1. The van der Waals surface area contributed by atoms with Crippen LogP contribution >= 0.6 is 0 Å². The van der Waals surface area contributed by atoms with Crippen LogP contribution in [0.3, 0.4) is 0 Å². The van der Waals surface area contributed by atoms with Crippen LogP contribution in [-0.4, -0.2) is 72.4 Å². The van der Waals surface area contributed by atoms with Crippen molar-refractivity contribution in [1.82, 2.24) is 14.8 Å². The molecule has 204 valence electrons. The van der Waals surface area contributed by atoms with Gasteiger partial charge in [-0.05, 0) is 39.8 Å². The van der Waals surface area contributed by atoms with Crippen LogP contribution in [0.25, 0.3) is 11.3 Å². The van der Waals surface area contributed by atoms with Gasteiger partial charge >= 0.3 is 11.8 Å². The van der Waals surface area contributed by atoms with Crippen LogP contribution in [0, 0.1) is 17.0 Å². The van der Waals surface area contributed by atoms with E-state index in [2.05, 4.69) is 35.0 Å². The molecule has 0 aliphatic carbocycles. The highest BCUT2D eigenvalue weighted by Crippen LogP contribution is 2.39. The molecule has 0 spiro atoms. The molecule has 13 heteroatoms. The van der Waals surface area contributed by atoms with Crippen molar-refractivity contribution in [2.45, 2.75) is 65.7 Å². The molecule has 1 saturated heterocycles. The summed E-state index contributed by atoms with van der Waals surface area (Å²) in [6.07, 6.45) is 0.804. The van der Waals surface area contributed by atoms with Gasteiger partial charge in [-0.1, -0.05) is 19.6 Å². The van der Waals surface area contributed by atoms with E-state index >= 15 is 0 Å². The second kappa shape index (κ2) is 11.6. The Bertz CT molecular complexity index is 1120. The van der Waals surface area contributed by atoms with E-state index in [0.29, 0.717) is 44.3 Å². The molecule has 1 aliphatic heterocycles. The average Bonchev–Trinajstić information content (AvgIpc) is 3.11. The van der Waals surface area contributed by atoms with Gasteiger partial charge in [-0.25, -0.2) is 14.5 Å². The third-order valence-electron chi connectivity index (χ3n) is 5.60. The highest BCUT2D eigenvalue weighted by Gasteiger charge is 2.30. The van der Waals surface area contributed by atoms with E-state index in [4.69, 9.17) is 14.2 Å². The number of rotatable bonds is 9. The number of aromatic nitrogens is 3. The zero-order valence-corrected chi connectivity index (χ0v) is 23.8. The van der Waals surface area contributed by atoms with E-state index in [1.165, 1.54) is 10.9 Å². The fourth-order valence-corrected chi connectivity index (χ4v) is 4.56. The maximum absolute atomic E-state index is 12.6. The molecule has 12 nitrogen and oxygen atoms in total. The number of hydrogen-bond donors (Lipinski definition) is 1. The van der Waals surface area contributed by atoms with Gasteiger partial charge in [0.1, 0.15) is 23.8 Å². The van der Waals surface area contributed by atoms with Gasteiger partial charge in [-0.3, -0.25) is 15.4 Å². The van der Waals surface area contributed by atoms with Crippen LogP contribution in [0.4, 0.5) is 22.0 Å². The fourth-order valence-electron chi connectivity index (χ4n) is 3.80. The fraction of sp³-hybridized carbons (Fsp3) is 0.625. The van der Waals surface area contributed by atoms with Crippen LogP contribution in [0.5, 0.6) is 0 Å². The zero-order chi connectivity index (χ0) is 27.4. The van der Waals surface area contributed by atoms with Gasteiger partial charge < -0.3 is 19.1 Å². The Kier molecular flexibility index (Phi) is 8.92. The molecule has 0 bridgehead atoms. The van der Waals surface area contributed by atoms with Gasteiger partial charge in [0, 0.05) is 33.3 Å². The molecule has 0 aromatic carbocycles. The molecule has 0 saturated carbocycles. The Morgan fingerprint density at radius 1 is 1.27 bits per heavy atom. The number of pyridine rings is 1. The minimum atomic E-state index is -1.32. The van der Waals surface area contributed by atoms with Crippen LogP contribution in [-0.2, 0) is 20.9 Å². The molecule has 3 rings (SSSR count). The molecule has 2 aromatic heterocycles. The van der Waals surface area contributed by atoms with Crippen molar-refractivity contribution in [2.24, 2.45) is 0 Å². The van der Waals surface area contributed by atoms with Crippen molar-refractivity contribution >= 4 is 31.4 Å². The van der Waals surface area contributed by atoms with Crippen molar-refractivity contribution in [3.05, 3.63) is 28.1 Å². The van der Waals surface area contributed by atoms with Gasteiger partial charge in [0.15, 0.2) is 5.69 Å². The van der Waals surface area contributed by atoms with E-state index in [0.717, 1.165) is 6.04 Å². The van der Waals surface area contributed by atoms with Gasteiger partial charge in [-0.2, -0.15) is 5.10 Å². The van der Waals surface area contributed by atoms with E-state index in [1.54, 1.807) is 33.8 Å². The standard InChI is InChI=1S/C24H38N6O6Si/c1-17-21(30(32)33)22(29(27-17)16-35-12-13-37(5,6)7)18-14-20(28-8-10-34-11-9-28)25-15-19(18)26-23(31)36-24(2,3)4/h14-15H,8-13,16H2,1-7H3,(H,26,31). The SMILES string of the molecule is Cc1nn(COCC[Si](C)(C)C)c(-c2cc(N3CCOCC3)ncc2NC(=O)OC(C)(C)C)c1[N+](=O)[O-]. The molecular weight excluding hydrogens is 496 g/mol. The number of nitrogens with zero attached hydrogens (tertiary/aromatic N) is 5. The second-order valence-corrected chi connectivity index (χ2v) is 16.8. The minimum Gasteiger partial charge on any atom is -0.444 e. The number of carbonyl (C=O) groups is 1. The molecule has 1 N–H and O–H groups in total. The first-order valence-electron chi connectivity index (χ1n) is 12.4. The smallest absolute Gasteiger partial charge is 0.412 e. The van der Waals surface area contributed by atoms with Gasteiger partial charge in [0.25, 0.3) is 0 Å². The third kappa shape index (κ3) is 7.97. The number of anilines is 2. The maximum Gasteiger partial charge on any atom is 0.412 e. The number of aryl methyl sites for hydroxylation is 1. The van der Waals surface area contributed by atoms with Crippen molar-refractivity contribution in [3.63, 3.8) is 0 Å². The van der Waals surface area contributed by atoms with E-state index < -0.39 is 24.7 Å². The van der Waals surface area contributed by atoms with Crippen LogP contribution < -0.4 is 10.2 Å². The molecule has 0 unspecified atom stereocenters. The summed E-state index contributed by atoms with van der Waals surface area (Å²) in [5, 5.41) is 19.3. The van der Waals surface area contributed by atoms with Crippen LogP contribution in [0.1, 0.15) is 26.5 Å². The molecule has 1 amide bonds. The molecule has 3 heterocycles. The average molecular weight is 535 g/mol. The van der Waals surface area contributed by atoms with Gasteiger partial charge in [0.2, 0.25) is 0 Å². The number of hydrogen-bond acceptors (Lipinski definition) is 9. The predicted molar refractivity (Wildman–Crippen MR) is 144 cm³/mol. The summed E-state index contributed by atoms with van der Waals surface area (Å²) in [5.74, 6) is 0.618. The monoisotopic (exact) mass is 534 g/mol. The lowest BCUT2D eigenvalue weighted by atomic mass is 10.1. The molecule has 0 atom stereocenters. The number of amides is 1. The van der Waals surface area contributed by atoms with Crippen molar-refractivity contribution in [3.8, 4) is 11.3 Å². The van der Waals surface area contributed by atoms with Gasteiger partial charge in [-0.15, -0.1) is 0 Å². The zero-order valence-electron chi connectivity index (χ0n) is 22.8. The number of ether oxygens (including phenoxy) is 3. The first-order chi connectivity index (χ1) is 17.2. The van der Waals surface area contributed by atoms with E-state index in [1.807, 2.05) is 4.90 Å². The summed E-state index contributed by atoms with van der Waals surface area (Å²) < 4.78 is 18.3. The van der Waals surface area contributed by atoms with Gasteiger partial charge in [0.05, 0.1) is 30.0 Å². The second-order valence-electron chi connectivity index (χ2n) is 11.2. The molecule has 1 fully saturated rings. The molecule has 37 heavy (non-hydrogen) atoms. The highest BCUT2D eigenvalue weighted by atomic mass is 28.3. The first kappa shape index (κ1) is 28.5. The number of nitro groups is 1. The lowest BCUT2D eigenvalue weighted by molar-refractivity contribution is -0.384. The number of morpholine rings is 1. The topological polar surface area (TPSA) is 134 Å². The Morgan fingerprint density at radius 2 is 1.95 bits per heavy atom. The van der Waals surface area contributed by atoms with Crippen LogP contribution in [0.15, 0.2) is 12.3 Å². The van der Waals surface area contributed by atoms with Crippen molar-refractivity contribution < 1.29 is 23.9 Å². The molecule has 0 radical (unpaired) electrons. The summed E-state index contributed by atoms with van der Waals surface area (Å²) in [5.41, 5.74) is 0.293. The van der Waals surface area contributed by atoms with E-state index in [9.17, 15) is 14.9 Å². The quantitative estimate of drug-likeness (QED) is 0.211. The minimum absolute atomic E-state index is 0.0373. The highest BCUT2D eigenvalue weighted by molar-refractivity contribution is 6.76. The lowest BCUT2D eigenvalue weighted by Crippen LogP contribution is -2.36. The van der Waals surface area contributed by atoms with E-state index in [-0.39, 0.29) is 29.5 Å². The molecule has 2 aromatic rings. The lowest BCUT2D eigenvalue weighted by Gasteiger charge is -2.28. The molecule has 1 aliphatic rings. The summed E-state index contributed by atoms with van der Waals surface area (Å²) >= 11 is 0. The predicted octanol–water partition coefficient (Wildman–Crippen LogP) is 4.66. The number of nitrogens with one attached hydrogen (secondary N) is 1. The first-order valence-corrected chi connectivity index (χ1v) is 16.1. The largest absolute Gasteiger partial charge is 0.444 e. The Labute approximate surface area is 218 Å². The Morgan fingerprint density at radius 3 is 2.54 bits per heavy atom. The maximum atomic E-state index is 12.6. The summed E-state index contributed by atoms with van der Waals surface area (Å²) in [6.45, 7) is 16.6. The van der Waals surface area contributed by atoms with Crippen molar-refractivity contribution in [2.75, 3.05) is 43.1 Å². The Balaban J connectivity index is 2.07.